The molecule has 2 aromatic heterocycles. The van der Waals surface area contributed by atoms with E-state index in [0.717, 1.165) is 16.1 Å². The average Bonchev–Trinajstić information content (AvgIpc) is 3.56. The van der Waals surface area contributed by atoms with Gasteiger partial charge in [0.25, 0.3) is 5.91 Å². The number of carbonyl (C=O) groups excluding carboxylic acids is 1. The summed E-state index contributed by atoms with van der Waals surface area (Å²) in [6, 6.07) is 24.4. The monoisotopic (exact) mass is 528 g/mol. The van der Waals surface area contributed by atoms with Crippen molar-refractivity contribution in [2.45, 2.75) is 6.42 Å². The zero-order valence-corrected chi connectivity index (χ0v) is 21.0. The van der Waals surface area contributed by atoms with Crippen LogP contribution in [0.25, 0.3) is 11.3 Å². The Morgan fingerprint density at radius 3 is 2.53 bits per heavy atom. The molecule has 6 rings (SSSR count). The zero-order chi connectivity index (χ0) is 24.6. The van der Waals surface area contributed by atoms with Crippen LogP contribution in [0, 0.1) is 0 Å². The Bertz CT molecular complexity index is 1820. The van der Waals surface area contributed by atoms with Gasteiger partial charge in [0.05, 0.1) is 16.6 Å². The molecule has 176 valence electrons. The van der Waals surface area contributed by atoms with Gasteiger partial charge in [0, 0.05) is 27.7 Å². The van der Waals surface area contributed by atoms with Gasteiger partial charge in [-0.1, -0.05) is 88.9 Å². The summed E-state index contributed by atoms with van der Waals surface area (Å²) < 4.78 is 1.64. The normalized spacial score (nSPS) is 13.2. The van der Waals surface area contributed by atoms with Crippen LogP contribution in [-0.4, -0.2) is 20.6 Å². The van der Waals surface area contributed by atoms with E-state index < -0.39 is 0 Å². The van der Waals surface area contributed by atoms with Crippen LogP contribution >= 0.6 is 34.3 Å². The Morgan fingerprint density at radius 2 is 1.69 bits per heavy atom. The number of aromatic nitrogens is 2. The second-order valence-corrected chi connectivity index (χ2v) is 10.5. The van der Waals surface area contributed by atoms with Crippen LogP contribution in [0.2, 0.25) is 5.02 Å². The number of rotatable bonds is 5. The molecule has 1 amide bonds. The number of halogens is 1. The van der Waals surface area contributed by atoms with E-state index in [0.29, 0.717) is 42.4 Å². The van der Waals surface area contributed by atoms with Crippen molar-refractivity contribution in [2.24, 2.45) is 9.98 Å². The van der Waals surface area contributed by atoms with Crippen LogP contribution < -0.4 is 15.4 Å². The van der Waals surface area contributed by atoms with Gasteiger partial charge in [-0.2, -0.15) is 4.99 Å². The lowest BCUT2D eigenvalue weighted by Crippen LogP contribution is -2.22. The fraction of sp³-hybridized carbons (Fsp3) is 0.0370. The molecule has 0 saturated heterocycles. The lowest BCUT2D eigenvalue weighted by Gasteiger charge is -2.05. The number of thiazole rings is 2. The first-order chi connectivity index (χ1) is 17.6. The maximum absolute atomic E-state index is 12.8. The molecule has 36 heavy (non-hydrogen) atoms. The van der Waals surface area contributed by atoms with Gasteiger partial charge >= 0.3 is 0 Å². The predicted octanol–water partition coefficient (Wildman–Crippen LogP) is 4.54. The number of nitrogens with zero attached hydrogens (tertiary/aromatic N) is 4. The molecule has 0 aliphatic carbocycles. The Morgan fingerprint density at radius 1 is 0.944 bits per heavy atom. The summed E-state index contributed by atoms with van der Waals surface area (Å²) in [5.41, 5.74) is 2.11. The topological polar surface area (TPSA) is 79.8 Å². The van der Waals surface area contributed by atoms with Crippen molar-refractivity contribution in [3.8, 4) is 11.6 Å². The Kier molecular flexibility index (Phi) is 5.85. The van der Waals surface area contributed by atoms with Crippen LogP contribution in [0.5, 0.6) is 5.88 Å². The van der Waals surface area contributed by atoms with Crippen molar-refractivity contribution in [3.63, 3.8) is 0 Å². The first-order valence-corrected chi connectivity index (χ1v) is 13.1. The number of para-hydroxylation sites is 2. The van der Waals surface area contributed by atoms with Crippen molar-refractivity contribution in [1.29, 1.82) is 0 Å². The van der Waals surface area contributed by atoms with Crippen LogP contribution in [0.1, 0.15) is 15.3 Å². The molecule has 1 aliphatic rings. The second kappa shape index (κ2) is 9.31. The van der Waals surface area contributed by atoms with E-state index in [1.54, 1.807) is 16.8 Å². The predicted molar refractivity (Wildman–Crippen MR) is 142 cm³/mol. The molecule has 0 spiro atoms. The molecular weight excluding hydrogens is 512 g/mol. The van der Waals surface area contributed by atoms with Gasteiger partial charge in [-0.3, -0.25) is 9.36 Å². The quantitative estimate of drug-likeness (QED) is 0.364. The second-order valence-electron chi connectivity index (χ2n) is 8.01. The Hall–Kier alpha value is -3.85. The molecule has 3 aromatic carbocycles. The minimum absolute atomic E-state index is 0.0620. The van der Waals surface area contributed by atoms with Crippen LogP contribution in [0.15, 0.2) is 95.0 Å². The highest BCUT2D eigenvalue weighted by Gasteiger charge is 2.26. The molecule has 0 radical (unpaired) electrons. The van der Waals surface area contributed by atoms with Gasteiger partial charge in [-0.25, -0.2) is 9.98 Å². The summed E-state index contributed by atoms with van der Waals surface area (Å²) in [4.78, 5) is 28.2. The molecule has 3 heterocycles. The van der Waals surface area contributed by atoms with E-state index in [2.05, 4.69) is 9.98 Å². The lowest BCUT2D eigenvalue weighted by molar-refractivity contribution is -0.112. The van der Waals surface area contributed by atoms with Gasteiger partial charge in [-0.05, 0) is 29.8 Å². The van der Waals surface area contributed by atoms with Gasteiger partial charge in [0.2, 0.25) is 11.0 Å². The van der Waals surface area contributed by atoms with Gasteiger partial charge in [-0.15, -0.1) is 0 Å². The van der Waals surface area contributed by atoms with Crippen molar-refractivity contribution < 1.29 is 9.90 Å². The highest BCUT2D eigenvalue weighted by Crippen LogP contribution is 2.32. The smallest absolute Gasteiger partial charge is 0.279 e. The maximum atomic E-state index is 12.8. The number of hydrogen-bond donors (Lipinski definition) is 1. The Labute approximate surface area is 218 Å². The number of aromatic hydroxyl groups is 1. The fourth-order valence-electron chi connectivity index (χ4n) is 4.04. The molecule has 0 atom stereocenters. The third-order valence-electron chi connectivity index (χ3n) is 5.71. The number of amides is 1. The minimum Gasteiger partial charge on any atom is -0.493 e. The van der Waals surface area contributed by atoms with E-state index >= 15 is 0 Å². The Balaban J connectivity index is 1.50. The number of carbonyl (C=O) groups is 1. The third-order valence-corrected chi connectivity index (χ3v) is 8.01. The van der Waals surface area contributed by atoms with Crippen LogP contribution in [0.3, 0.4) is 0 Å². The molecule has 5 aromatic rings. The van der Waals surface area contributed by atoms with Crippen molar-refractivity contribution in [3.05, 3.63) is 121 Å². The van der Waals surface area contributed by atoms with E-state index in [-0.39, 0.29) is 11.8 Å². The first-order valence-electron chi connectivity index (χ1n) is 11.0. The van der Waals surface area contributed by atoms with Crippen molar-refractivity contribution in [1.82, 2.24) is 9.55 Å². The van der Waals surface area contributed by atoms with E-state index in [1.807, 2.05) is 72.8 Å². The lowest BCUT2D eigenvalue weighted by atomic mass is 10.1. The molecule has 0 bridgehead atoms. The molecule has 6 nitrogen and oxygen atoms in total. The molecular formula is C27H17ClN4O2S2. The SMILES string of the molecule is O=C1N=c2ccccc2=C1c1sc(=Nc2ncc(Cc3ccccc3Cl)s2)n(-c2ccccc2)c1O. The van der Waals surface area contributed by atoms with Crippen molar-refractivity contribution in [2.75, 3.05) is 0 Å². The van der Waals surface area contributed by atoms with E-state index in [1.165, 1.54) is 22.7 Å². The first kappa shape index (κ1) is 22.6. The maximum Gasteiger partial charge on any atom is 0.279 e. The standard InChI is InChI=1S/C27H17ClN4O2S2/c28-20-12-6-4-8-16(20)14-18-15-29-26(35-18)31-27-32(17-9-2-1-3-10-17)25(34)23(36-27)22-19-11-5-7-13-21(19)30-24(22)33/h1-13,15,34H,14H2. The summed E-state index contributed by atoms with van der Waals surface area (Å²) >= 11 is 9.01. The number of fused-ring (bicyclic) bond motifs is 1. The summed E-state index contributed by atoms with van der Waals surface area (Å²) in [5.74, 6) is -0.441. The molecule has 1 aliphatic heterocycles. The molecule has 1 N–H and O–H groups in total. The number of benzene rings is 3. The highest BCUT2D eigenvalue weighted by atomic mass is 35.5. The summed E-state index contributed by atoms with van der Waals surface area (Å²) in [7, 11) is 0. The fourth-order valence-corrected chi connectivity index (χ4v) is 6.19. The van der Waals surface area contributed by atoms with E-state index in [9.17, 15) is 9.90 Å². The largest absolute Gasteiger partial charge is 0.493 e. The molecule has 0 fully saturated rings. The zero-order valence-electron chi connectivity index (χ0n) is 18.6. The molecule has 9 heteroatoms. The van der Waals surface area contributed by atoms with Gasteiger partial charge < -0.3 is 5.11 Å². The number of hydrogen-bond acceptors (Lipinski definition) is 6. The minimum atomic E-state index is -0.379. The highest BCUT2D eigenvalue weighted by molar-refractivity contribution is 7.15. The molecule has 0 saturated carbocycles. The third kappa shape index (κ3) is 4.09. The van der Waals surface area contributed by atoms with Crippen LogP contribution in [0.4, 0.5) is 5.13 Å². The average molecular weight is 529 g/mol. The summed E-state index contributed by atoms with van der Waals surface area (Å²) in [6.45, 7) is 0. The summed E-state index contributed by atoms with van der Waals surface area (Å²) in [6.07, 6.45) is 2.44. The van der Waals surface area contributed by atoms with Gasteiger partial charge in [0.1, 0.15) is 4.88 Å². The van der Waals surface area contributed by atoms with Gasteiger partial charge in [0.15, 0.2) is 4.80 Å². The van der Waals surface area contributed by atoms with E-state index in [4.69, 9.17) is 16.6 Å². The summed E-state index contributed by atoms with van der Waals surface area (Å²) in [5, 5.41) is 13.9. The van der Waals surface area contributed by atoms with Crippen LogP contribution in [-0.2, 0) is 11.2 Å². The molecule has 0 unspecified atom stereocenters. The van der Waals surface area contributed by atoms with Crippen molar-refractivity contribution >= 4 is 50.9 Å².